The van der Waals surface area contributed by atoms with Crippen molar-refractivity contribution in [3.05, 3.63) is 29.3 Å². The van der Waals surface area contributed by atoms with Crippen LogP contribution in [-0.2, 0) is 10.8 Å². The Bertz CT molecular complexity index is 483. The van der Waals surface area contributed by atoms with Gasteiger partial charge in [0.15, 0.2) is 0 Å². The molecular formula is C11H11F3O3S. The summed E-state index contributed by atoms with van der Waals surface area (Å²) in [5, 5.41) is 8.85. The highest BCUT2D eigenvalue weighted by molar-refractivity contribution is 7.85. The molecule has 0 aliphatic rings. The topological polar surface area (TPSA) is 54.4 Å². The minimum atomic E-state index is -4.37. The maximum Gasteiger partial charge on any atom is 0.390 e. The van der Waals surface area contributed by atoms with Crippen LogP contribution in [0.4, 0.5) is 13.2 Å². The van der Waals surface area contributed by atoms with E-state index in [1.165, 1.54) is 12.1 Å². The first-order chi connectivity index (χ1) is 8.20. The summed E-state index contributed by atoms with van der Waals surface area (Å²) in [5.41, 5.74) is 0.423. The highest BCUT2D eigenvalue weighted by atomic mass is 32.2. The molecular weight excluding hydrogens is 269 g/mol. The Morgan fingerprint density at radius 3 is 2.50 bits per heavy atom. The van der Waals surface area contributed by atoms with Crippen molar-refractivity contribution in [1.29, 1.82) is 0 Å². The Morgan fingerprint density at radius 1 is 1.39 bits per heavy atom. The smallest absolute Gasteiger partial charge is 0.390 e. The van der Waals surface area contributed by atoms with Gasteiger partial charge in [0.1, 0.15) is 0 Å². The van der Waals surface area contributed by atoms with Crippen molar-refractivity contribution in [1.82, 2.24) is 0 Å². The number of aromatic carboxylic acids is 1. The molecule has 1 aromatic carbocycles. The van der Waals surface area contributed by atoms with Gasteiger partial charge in [0.2, 0.25) is 0 Å². The number of alkyl halides is 3. The maximum atomic E-state index is 12.0. The van der Waals surface area contributed by atoms with Crippen LogP contribution in [0.1, 0.15) is 22.3 Å². The van der Waals surface area contributed by atoms with Crippen LogP contribution in [0, 0.1) is 6.92 Å². The Hall–Kier alpha value is -1.37. The Kier molecular flexibility index (Phi) is 4.50. The fourth-order valence-electron chi connectivity index (χ4n) is 1.30. The van der Waals surface area contributed by atoms with E-state index in [-0.39, 0.29) is 10.5 Å². The van der Waals surface area contributed by atoms with Crippen LogP contribution in [-0.4, -0.2) is 27.2 Å². The fraction of sp³-hybridized carbons (Fsp3) is 0.364. The Morgan fingerprint density at radius 2 is 2.00 bits per heavy atom. The summed E-state index contributed by atoms with van der Waals surface area (Å²) in [6.07, 6.45) is -5.52. The minimum Gasteiger partial charge on any atom is -0.478 e. The average molecular weight is 280 g/mol. The third-order valence-electron chi connectivity index (χ3n) is 2.27. The zero-order chi connectivity index (χ0) is 13.9. The SMILES string of the molecule is Cc1ccc(S(=O)CCC(F)(F)F)cc1C(=O)O. The zero-order valence-corrected chi connectivity index (χ0v) is 10.3. The second-order valence-corrected chi connectivity index (χ2v) is 5.27. The summed E-state index contributed by atoms with van der Waals surface area (Å²) in [5.74, 6) is -1.76. The van der Waals surface area contributed by atoms with Crippen LogP contribution in [0.25, 0.3) is 0 Å². The van der Waals surface area contributed by atoms with E-state index in [0.29, 0.717) is 5.56 Å². The van der Waals surface area contributed by atoms with Crippen LogP contribution >= 0.6 is 0 Å². The van der Waals surface area contributed by atoms with E-state index in [2.05, 4.69) is 0 Å². The molecule has 0 heterocycles. The molecule has 0 bridgehead atoms. The van der Waals surface area contributed by atoms with E-state index < -0.39 is 35.1 Å². The average Bonchev–Trinajstić information content (AvgIpc) is 2.25. The molecule has 1 N–H and O–H groups in total. The molecule has 0 saturated heterocycles. The summed E-state index contributed by atoms with van der Waals surface area (Å²) >= 11 is 0. The Balaban J connectivity index is 2.87. The molecule has 0 amide bonds. The van der Waals surface area contributed by atoms with Gasteiger partial charge < -0.3 is 5.11 Å². The van der Waals surface area contributed by atoms with Gasteiger partial charge in [-0.25, -0.2) is 4.79 Å². The summed E-state index contributed by atoms with van der Waals surface area (Å²) in [4.78, 5) is 10.9. The zero-order valence-electron chi connectivity index (χ0n) is 9.45. The lowest BCUT2D eigenvalue weighted by molar-refractivity contribution is -0.129. The first-order valence-electron chi connectivity index (χ1n) is 5.00. The van der Waals surface area contributed by atoms with Crippen molar-refractivity contribution in [2.45, 2.75) is 24.4 Å². The van der Waals surface area contributed by atoms with E-state index in [0.717, 1.165) is 6.07 Å². The van der Waals surface area contributed by atoms with Crippen LogP contribution in [0.2, 0.25) is 0 Å². The van der Waals surface area contributed by atoms with E-state index in [1.54, 1.807) is 6.92 Å². The van der Waals surface area contributed by atoms with Gasteiger partial charge in [-0.2, -0.15) is 13.2 Å². The van der Waals surface area contributed by atoms with Crippen LogP contribution < -0.4 is 0 Å². The number of hydrogen-bond acceptors (Lipinski definition) is 2. The number of aryl methyl sites for hydroxylation is 1. The molecule has 0 aromatic heterocycles. The van der Waals surface area contributed by atoms with E-state index in [4.69, 9.17) is 5.11 Å². The molecule has 18 heavy (non-hydrogen) atoms. The summed E-state index contributed by atoms with van der Waals surface area (Å²) in [6.45, 7) is 1.56. The van der Waals surface area contributed by atoms with Crippen molar-refractivity contribution in [3.8, 4) is 0 Å². The third kappa shape index (κ3) is 4.14. The molecule has 0 fully saturated rings. The summed E-state index contributed by atoms with van der Waals surface area (Å²) in [6, 6.07) is 3.97. The van der Waals surface area contributed by atoms with Crippen LogP contribution in [0.15, 0.2) is 23.1 Å². The largest absolute Gasteiger partial charge is 0.478 e. The molecule has 0 spiro atoms. The van der Waals surface area contributed by atoms with E-state index in [9.17, 15) is 22.2 Å². The molecule has 0 radical (unpaired) electrons. The first kappa shape index (κ1) is 14.7. The molecule has 1 atom stereocenters. The number of hydrogen-bond donors (Lipinski definition) is 1. The lowest BCUT2D eigenvalue weighted by Gasteiger charge is -2.07. The molecule has 1 unspecified atom stereocenters. The van der Waals surface area contributed by atoms with Crippen molar-refractivity contribution in [3.63, 3.8) is 0 Å². The fourth-order valence-corrected chi connectivity index (χ4v) is 2.42. The molecule has 3 nitrogen and oxygen atoms in total. The monoisotopic (exact) mass is 280 g/mol. The van der Waals surface area contributed by atoms with Gasteiger partial charge in [-0.15, -0.1) is 0 Å². The highest BCUT2D eigenvalue weighted by Gasteiger charge is 2.28. The number of carboxylic acids is 1. The molecule has 7 heteroatoms. The normalized spacial score (nSPS) is 13.3. The van der Waals surface area contributed by atoms with Gasteiger partial charge in [-0.3, -0.25) is 4.21 Å². The van der Waals surface area contributed by atoms with Crippen molar-refractivity contribution in [2.24, 2.45) is 0 Å². The molecule has 1 aromatic rings. The number of rotatable bonds is 4. The highest BCUT2D eigenvalue weighted by Crippen LogP contribution is 2.22. The lowest BCUT2D eigenvalue weighted by Crippen LogP contribution is -2.13. The quantitative estimate of drug-likeness (QED) is 0.922. The van der Waals surface area contributed by atoms with Gasteiger partial charge in [0, 0.05) is 10.6 Å². The second-order valence-electron chi connectivity index (χ2n) is 3.70. The maximum absolute atomic E-state index is 12.0. The predicted molar refractivity (Wildman–Crippen MR) is 60.1 cm³/mol. The van der Waals surface area contributed by atoms with Crippen LogP contribution in [0.5, 0.6) is 0 Å². The number of carboxylic acid groups (broad SMARTS) is 1. The molecule has 0 aliphatic carbocycles. The second kappa shape index (κ2) is 5.51. The molecule has 1 rings (SSSR count). The van der Waals surface area contributed by atoms with Crippen molar-refractivity contribution >= 4 is 16.8 Å². The number of carbonyl (C=O) groups is 1. The predicted octanol–water partition coefficient (Wildman–Crippen LogP) is 2.75. The van der Waals surface area contributed by atoms with Crippen molar-refractivity contribution < 1.29 is 27.3 Å². The van der Waals surface area contributed by atoms with Gasteiger partial charge in [0.25, 0.3) is 0 Å². The molecule has 0 saturated carbocycles. The van der Waals surface area contributed by atoms with Gasteiger partial charge >= 0.3 is 12.1 Å². The first-order valence-corrected chi connectivity index (χ1v) is 6.31. The Labute approximate surface area is 104 Å². The van der Waals surface area contributed by atoms with Crippen LogP contribution in [0.3, 0.4) is 0 Å². The standard InChI is InChI=1S/C11H11F3O3S/c1-7-2-3-8(6-9(7)10(15)16)18(17)5-4-11(12,13)14/h2-3,6H,4-5H2,1H3,(H,15,16). The number of benzene rings is 1. The number of halogens is 3. The third-order valence-corrected chi connectivity index (χ3v) is 3.63. The van der Waals surface area contributed by atoms with E-state index >= 15 is 0 Å². The van der Waals surface area contributed by atoms with Gasteiger partial charge in [0.05, 0.1) is 22.8 Å². The molecule has 100 valence electrons. The summed E-state index contributed by atoms with van der Waals surface area (Å²) < 4.78 is 47.5. The minimum absolute atomic E-state index is 0.0483. The van der Waals surface area contributed by atoms with Gasteiger partial charge in [-0.05, 0) is 24.6 Å². The van der Waals surface area contributed by atoms with Gasteiger partial charge in [-0.1, -0.05) is 6.07 Å². The molecule has 0 aliphatic heterocycles. The summed E-state index contributed by atoms with van der Waals surface area (Å²) in [7, 11) is -1.85. The lowest BCUT2D eigenvalue weighted by atomic mass is 10.1. The van der Waals surface area contributed by atoms with E-state index in [1.807, 2.05) is 0 Å². The van der Waals surface area contributed by atoms with Crippen molar-refractivity contribution in [2.75, 3.05) is 5.75 Å².